The van der Waals surface area contributed by atoms with Gasteiger partial charge in [-0.25, -0.2) is 4.79 Å². The molecule has 0 atom stereocenters. The van der Waals surface area contributed by atoms with Crippen molar-refractivity contribution in [3.05, 3.63) is 77.9 Å². The van der Waals surface area contributed by atoms with E-state index < -0.39 is 5.97 Å². The maximum Gasteiger partial charge on any atom is 0.338 e. The molecule has 5 heteroatoms. The van der Waals surface area contributed by atoms with Gasteiger partial charge in [-0.3, -0.25) is 4.79 Å². The Morgan fingerprint density at radius 1 is 1.04 bits per heavy atom. The van der Waals surface area contributed by atoms with Crippen molar-refractivity contribution in [2.45, 2.75) is 13.2 Å². The fourth-order valence-corrected chi connectivity index (χ4v) is 1.97. The van der Waals surface area contributed by atoms with Crippen LogP contribution in [0.2, 0.25) is 0 Å². The minimum Gasteiger partial charge on any atom is -0.497 e. The number of carbonyl (C=O) groups excluding carboxylic acids is 2. The summed E-state index contributed by atoms with van der Waals surface area (Å²) in [5.41, 5.74) is 2.23. The quantitative estimate of drug-likeness (QED) is 0.628. The van der Waals surface area contributed by atoms with Crippen LogP contribution in [0.25, 0.3) is 0 Å². The Bertz CT molecular complexity index is 705. The van der Waals surface area contributed by atoms with Crippen molar-refractivity contribution in [3.63, 3.8) is 0 Å². The van der Waals surface area contributed by atoms with E-state index in [0.29, 0.717) is 12.1 Å². The summed E-state index contributed by atoms with van der Waals surface area (Å²) in [5, 5.41) is 2.67. The van der Waals surface area contributed by atoms with Crippen LogP contribution in [0.4, 0.5) is 0 Å². The third-order valence-corrected chi connectivity index (χ3v) is 3.37. The third kappa shape index (κ3) is 4.98. The lowest BCUT2D eigenvalue weighted by Crippen LogP contribution is -2.19. The second-order valence-electron chi connectivity index (χ2n) is 5.04. The first-order chi connectivity index (χ1) is 11.6. The van der Waals surface area contributed by atoms with Crippen LogP contribution in [0, 0.1) is 0 Å². The molecule has 0 unspecified atom stereocenters. The van der Waals surface area contributed by atoms with Crippen LogP contribution in [-0.2, 0) is 22.7 Å². The number of nitrogens with one attached hydrogen (secondary N) is 1. The molecule has 124 valence electrons. The van der Waals surface area contributed by atoms with Crippen molar-refractivity contribution in [3.8, 4) is 5.75 Å². The Morgan fingerprint density at radius 3 is 2.25 bits per heavy atom. The molecule has 0 fully saturated rings. The summed E-state index contributed by atoms with van der Waals surface area (Å²) >= 11 is 0. The van der Waals surface area contributed by atoms with Gasteiger partial charge >= 0.3 is 5.97 Å². The Labute approximate surface area is 140 Å². The third-order valence-electron chi connectivity index (χ3n) is 3.37. The molecule has 24 heavy (non-hydrogen) atoms. The molecule has 0 spiro atoms. The number of ether oxygens (including phenoxy) is 2. The lowest BCUT2D eigenvalue weighted by molar-refractivity contribution is -0.116. The van der Waals surface area contributed by atoms with Gasteiger partial charge < -0.3 is 14.8 Å². The largest absolute Gasteiger partial charge is 0.497 e. The maximum atomic E-state index is 12.0. The van der Waals surface area contributed by atoms with Gasteiger partial charge in [-0.05, 0) is 41.5 Å². The molecule has 2 aromatic carbocycles. The van der Waals surface area contributed by atoms with Crippen molar-refractivity contribution in [1.29, 1.82) is 0 Å². The van der Waals surface area contributed by atoms with E-state index in [-0.39, 0.29) is 12.5 Å². The molecule has 0 aliphatic rings. The number of hydrogen-bond acceptors (Lipinski definition) is 4. The summed E-state index contributed by atoms with van der Waals surface area (Å²) in [6, 6.07) is 14.2. The van der Waals surface area contributed by atoms with Crippen molar-refractivity contribution in [2.75, 3.05) is 7.11 Å². The molecule has 0 aliphatic heterocycles. The zero-order chi connectivity index (χ0) is 17.4. The first-order valence-corrected chi connectivity index (χ1v) is 7.41. The molecule has 2 aromatic rings. The molecule has 0 heterocycles. The Hall–Kier alpha value is -3.08. The van der Waals surface area contributed by atoms with E-state index in [0.717, 1.165) is 16.9 Å². The average molecular weight is 325 g/mol. The van der Waals surface area contributed by atoms with E-state index in [1.807, 2.05) is 24.3 Å². The number of carbonyl (C=O) groups is 2. The van der Waals surface area contributed by atoms with Crippen LogP contribution in [0.5, 0.6) is 5.75 Å². The predicted octanol–water partition coefficient (Wildman–Crippen LogP) is 2.85. The fraction of sp³-hybridized carbons (Fsp3) is 0.158. The van der Waals surface area contributed by atoms with Gasteiger partial charge in [0.25, 0.3) is 0 Å². The van der Waals surface area contributed by atoms with E-state index in [4.69, 9.17) is 9.47 Å². The highest BCUT2D eigenvalue weighted by atomic mass is 16.5. The standard InChI is InChI=1S/C19H19NO4/c1-3-18(21)20-12-14-4-8-16(9-5-14)19(22)24-13-15-6-10-17(23-2)11-7-15/h3-11H,1,12-13H2,2H3,(H,20,21). The molecule has 1 N–H and O–H groups in total. The number of methoxy groups -OCH3 is 1. The maximum absolute atomic E-state index is 12.0. The smallest absolute Gasteiger partial charge is 0.338 e. The van der Waals surface area contributed by atoms with E-state index in [1.54, 1.807) is 31.4 Å². The summed E-state index contributed by atoms with van der Waals surface area (Å²) < 4.78 is 10.4. The van der Waals surface area contributed by atoms with Crippen molar-refractivity contribution >= 4 is 11.9 Å². The van der Waals surface area contributed by atoms with Crippen molar-refractivity contribution < 1.29 is 19.1 Å². The molecular formula is C19H19NO4. The number of hydrogen-bond donors (Lipinski definition) is 1. The second kappa shape index (κ2) is 8.53. The molecule has 1 amide bonds. The first-order valence-electron chi connectivity index (χ1n) is 7.41. The summed E-state index contributed by atoms with van der Waals surface area (Å²) in [4.78, 5) is 23.1. The highest BCUT2D eigenvalue weighted by molar-refractivity contribution is 5.89. The Balaban J connectivity index is 1.87. The zero-order valence-electron chi connectivity index (χ0n) is 13.5. The first kappa shape index (κ1) is 17.3. The Kier molecular flexibility index (Phi) is 6.14. The monoisotopic (exact) mass is 325 g/mol. The highest BCUT2D eigenvalue weighted by Gasteiger charge is 2.07. The molecule has 0 saturated carbocycles. The van der Waals surface area contributed by atoms with Gasteiger partial charge in [-0.1, -0.05) is 30.8 Å². The van der Waals surface area contributed by atoms with E-state index in [9.17, 15) is 9.59 Å². The topological polar surface area (TPSA) is 64.6 Å². The zero-order valence-corrected chi connectivity index (χ0v) is 13.5. The molecule has 0 saturated heterocycles. The fourth-order valence-electron chi connectivity index (χ4n) is 1.97. The van der Waals surface area contributed by atoms with E-state index >= 15 is 0 Å². The van der Waals surface area contributed by atoms with E-state index in [2.05, 4.69) is 11.9 Å². The van der Waals surface area contributed by atoms with Gasteiger partial charge in [0.1, 0.15) is 12.4 Å². The van der Waals surface area contributed by atoms with Gasteiger partial charge in [0, 0.05) is 6.54 Å². The van der Waals surface area contributed by atoms with Crippen LogP contribution in [0.3, 0.4) is 0 Å². The molecule has 5 nitrogen and oxygen atoms in total. The van der Waals surface area contributed by atoms with Gasteiger partial charge in [-0.15, -0.1) is 0 Å². The predicted molar refractivity (Wildman–Crippen MR) is 90.6 cm³/mol. The number of benzene rings is 2. The SMILES string of the molecule is C=CC(=O)NCc1ccc(C(=O)OCc2ccc(OC)cc2)cc1. The molecule has 0 radical (unpaired) electrons. The highest BCUT2D eigenvalue weighted by Crippen LogP contribution is 2.13. The van der Waals surface area contributed by atoms with Crippen LogP contribution in [0.1, 0.15) is 21.5 Å². The molecular weight excluding hydrogens is 306 g/mol. The molecule has 0 aromatic heterocycles. The van der Waals surface area contributed by atoms with Gasteiger partial charge in [0.2, 0.25) is 5.91 Å². The minimum absolute atomic E-state index is 0.194. The molecule has 0 aliphatic carbocycles. The lowest BCUT2D eigenvalue weighted by Gasteiger charge is -2.07. The van der Waals surface area contributed by atoms with Crippen LogP contribution in [0.15, 0.2) is 61.2 Å². The Morgan fingerprint density at radius 2 is 1.67 bits per heavy atom. The molecule has 2 rings (SSSR count). The summed E-state index contributed by atoms with van der Waals surface area (Å²) in [6.45, 7) is 3.96. The number of amides is 1. The minimum atomic E-state index is -0.396. The summed E-state index contributed by atoms with van der Waals surface area (Å²) in [7, 11) is 1.60. The lowest BCUT2D eigenvalue weighted by atomic mass is 10.1. The number of rotatable bonds is 7. The van der Waals surface area contributed by atoms with Crippen LogP contribution >= 0.6 is 0 Å². The second-order valence-corrected chi connectivity index (χ2v) is 5.04. The van der Waals surface area contributed by atoms with Gasteiger partial charge in [-0.2, -0.15) is 0 Å². The summed E-state index contributed by atoms with van der Waals surface area (Å²) in [5.74, 6) is 0.120. The van der Waals surface area contributed by atoms with Crippen molar-refractivity contribution in [2.24, 2.45) is 0 Å². The van der Waals surface area contributed by atoms with Crippen LogP contribution < -0.4 is 10.1 Å². The normalized spacial score (nSPS) is 9.88. The van der Waals surface area contributed by atoms with Gasteiger partial charge in [0.05, 0.1) is 12.7 Å². The number of esters is 1. The summed E-state index contributed by atoms with van der Waals surface area (Å²) in [6.07, 6.45) is 1.21. The van der Waals surface area contributed by atoms with Gasteiger partial charge in [0.15, 0.2) is 0 Å². The average Bonchev–Trinajstić information content (AvgIpc) is 2.64. The van der Waals surface area contributed by atoms with E-state index in [1.165, 1.54) is 6.08 Å². The van der Waals surface area contributed by atoms with Crippen LogP contribution in [-0.4, -0.2) is 19.0 Å². The molecule has 0 bridgehead atoms. The van der Waals surface area contributed by atoms with Crippen molar-refractivity contribution in [1.82, 2.24) is 5.32 Å².